The summed E-state index contributed by atoms with van der Waals surface area (Å²) in [4.78, 5) is 11.7. The molecular formula is C10H16N2O2. The Morgan fingerprint density at radius 3 is 2.50 bits per heavy atom. The van der Waals surface area contributed by atoms with Gasteiger partial charge < -0.3 is 5.11 Å². The fourth-order valence-corrected chi connectivity index (χ4v) is 1.10. The number of aromatic nitrogens is 2. The molecule has 14 heavy (non-hydrogen) atoms. The summed E-state index contributed by atoms with van der Waals surface area (Å²) in [5.41, 5.74) is 0.0161. The van der Waals surface area contributed by atoms with Gasteiger partial charge in [-0.2, -0.15) is 5.10 Å². The van der Waals surface area contributed by atoms with Crippen molar-refractivity contribution in [3.63, 3.8) is 0 Å². The highest BCUT2D eigenvalue weighted by Gasteiger charge is 2.30. The Labute approximate surface area is 83.5 Å². The molecule has 1 atom stereocenters. The standard InChI is InChI=1S/C10H16N2O2/c1-10(2,3)9(14)8(13)7-5-11-12(4)6-7/h5-6,9,14H,1-4H3. The van der Waals surface area contributed by atoms with Crippen molar-refractivity contribution in [2.24, 2.45) is 12.5 Å². The highest BCUT2D eigenvalue weighted by Crippen LogP contribution is 2.22. The van der Waals surface area contributed by atoms with Crippen molar-refractivity contribution in [2.75, 3.05) is 0 Å². The van der Waals surface area contributed by atoms with Gasteiger partial charge in [0.1, 0.15) is 6.10 Å². The van der Waals surface area contributed by atoms with Crippen molar-refractivity contribution in [2.45, 2.75) is 26.9 Å². The summed E-state index contributed by atoms with van der Waals surface area (Å²) in [7, 11) is 1.74. The van der Waals surface area contributed by atoms with E-state index in [0.717, 1.165) is 0 Å². The zero-order valence-corrected chi connectivity index (χ0v) is 8.98. The number of aliphatic hydroxyl groups excluding tert-OH is 1. The molecule has 78 valence electrons. The molecule has 0 aliphatic rings. The van der Waals surface area contributed by atoms with E-state index in [-0.39, 0.29) is 5.78 Å². The molecular weight excluding hydrogens is 180 g/mol. The second-order valence-electron chi connectivity index (χ2n) is 4.54. The number of carbonyl (C=O) groups is 1. The lowest BCUT2D eigenvalue weighted by molar-refractivity contribution is 0.0442. The molecule has 1 rings (SSSR count). The molecule has 0 spiro atoms. The molecule has 0 aliphatic carbocycles. The third kappa shape index (κ3) is 2.20. The Balaban J connectivity index is 2.86. The van der Waals surface area contributed by atoms with Crippen molar-refractivity contribution in [1.82, 2.24) is 9.78 Å². The molecule has 0 saturated heterocycles. The summed E-state index contributed by atoms with van der Waals surface area (Å²) in [6, 6.07) is 0. The SMILES string of the molecule is Cn1cc(C(=O)C(O)C(C)(C)C)cn1. The van der Waals surface area contributed by atoms with Crippen LogP contribution in [0.1, 0.15) is 31.1 Å². The van der Waals surface area contributed by atoms with Gasteiger partial charge in [-0.3, -0.25) is 9.48 Å². The summed E-state index contributed by atoms with van der Waals surface area (Å²) >= 11 is 0. The van der Waals surface area contributed by atoms with Gasteiger partial charge in [-0.25, -0.2) is 0 Å². The maximum atomic E-state index is 11.7. The minimum absolute atomic E-state index is 0.273. The van der Waals surface area contributed by atoms with Gasteiger partial charge >= 0.3 is 0 Å². The summed E-state index contributed by atoms with van der Waals surface area (Å²) in [6.07, 6.45) is 2.10. The number of carbonyl (C=O) groups excluding carboxylic acids is 1. The zero-order chi connectivity index (χ0) is 10.9. The Bertz CT molecular complexity index is 336. The maximum absolute atomic E-state index is 11.7. The molecule has 0 radical (unpaired) electrons. The van der Waals surface area contributed by atoms with Crippen LogP contribution in [0.3, 0.4) is 0 Å². The third-order valence-electron chi connectivity index (χ3n) is 2.06. The number of aryl methyl sites for hydroxylation is 1. The molecule has 4 heteroatoms. The van der Waals surface area contributed by atoms with Crippen LogP contribution in [0.4, 0.5) is 0 Å². The lowest BCUT2D eigenvalue weighted by atomic mass is 9.85. The molecule has 0 aliphatic heterocycles. The maximum Gasteiger partial charge on any atom is 0.194 e. The van der Waals surface area contributed by atoms with Gasteiger partial charge in [-0.1, -0.05) is 20.8 Å². The van der Waals surface area contributed by atoms with E-state index in [1.54, 1.807) is 17.9 Å². The number of hydrogen-bond donors (Lipinski definition) is 1. The fourth-order valence-electron chi connectivity index (χ4n) is 1.10. The van der Waals surface area contributed by atoms with Crippen LogP contribution in [-0.4, -0.2) is 26.8 Å². The molecule has 0 aromatic carbocycles. The predicted molar refractivity (Wildman–Crippen MR) is 53.0 cm³/mol. The van der Waals surface area contributed by atoms with Gasteiger partial charge in [0, 0.05) is 13.2 Å². The average Bonchev–Trinajstić information content (AvgIpc) is 2.47. The monoisotopic (exact) mass is 196 g/mol. The van der Waals surface area contributed by atoms with Crippen molar-refractivity contribution in [1.29, 1.82) is 0 Å². The molecule has 0 fully saturated rings. The molecule has 1 aromatic rings. The molecule has 1 unspecified atom stereocenters. The van der Waals surface area contributed by atoms with E-state index in [1.807, 2.05) is 20.8 Å². The van der Waals surface area contributed by atoms with Gasteiger partial charge in [-0.05, 0) is 5.41 Å². The fraction of sp³-hybridized carbons (Fsp3) is 0.600. The largest absolute Gasteiger partial charge is 0.384 e. The first-order valence-corrected chi connectivity index (χ1v) is 4.53. The minimum Gasteiger partial charge on any atom is -0.384 e. The van der Waals surface area contributed by atoms with Crippen LogP contribution in [-0.2, 0) is 7.05 Å². The smallest absolute Gasteiger partial charge is 0.194 e. The molecule has 4 nitrogen and oxygen atoms in total. The van der Waals surface area contributed by atoms with Gasteiger partial charge in [0.15, 0.2) is 5.78 Å². The Morgan fingerprint density at radius 2 is 2.14 bits per heavy atom. The van der Waals surface area contributed by atoms with E-state index in [1.165, 1.54) is 6.20 Å². The van der Waals surface area contributed by atoms with Gasteiger partial charge in [0.2, 0.25) is 0 Å². The van der Waals surface area contributed by atoms with Gasteiger partial charge in [0.05, 0.1) is 11.8 Å². The average molecular weight is 196 g/mol. The molecule has 0 bridgehead atoms. The third-order valence-corrected chi connectivity index (χ3v) is 2.06. The molecule has 0 amide bonds. The number of nitrogens with zero attached hydrogens (tertiary/aromatic N) is 2. The first-order chi connectivity index (χ1) is 6.32. The Hall–Kier alpha value is -1.16. The summed E-state index contributed by atoms with van der Waals surface area (Å²) in [5, 5.41) is 13.6. The van der Waals surface area contributed by atoms with Crippen LogP contribution >= 0.6 is 0 Å². The number of aliphatic hydroxyl groups is 1. The van der Waals surface area contributed by atoms with Crippen molar-refractivity contribution < 1.29 is 9.90 Å². The lowest BCUT2D eigenvalue weighted by Gasteiger charge is -2.23. The molecule has 1 aromatic heterocycles. The van der Waals surface area contributed by atoms with Crippen molar-refractivity contribution in [3.8, 4) is 0 Å². The number of ketones is 1. The van der Waals surface area contributed by atoms with E-state index in [9.17, 15) is 9.90 Å². The summed E-state index contributed by atoms with van der Waals surface area (Å²) in [5.74, 6) is -0.273. The second kappa shape index (κ2) is 3.53. The predicted octanol–water partition coefficient (Wildman–Crippen LogP) is 1.01. The number of Topliss-reactive ketones (excluding diaryl/α,β-unsaturated/α-hetero) is 1. The van der Waals surface area contributed by atoms with Crippen LogP contribution in [0.25, 0.3) is 0 Å². The van der Waals surface area contributed by atoms with Crippen LogP contribution < -0.4 is 0 Å². The highest BCUT2D eigenvalue weighted by molar-refractivity contribution is 5.99. The number of rotatable bonds is 2. The van der Waals surface area contributed by atoms with Gasteiger partial charge in [0.25, 0.3) is 0 Å². The van der Waals surface area contributed by atoms with Crippen LogP contribution in [0.5, 0.6) is 0 Å². The van der Waals surface area contributed by atoms with Gasteiger partial charge in [-0.15, -0.1) is 0 Å². The van der Waals surface area contributed by atoms with E-state index < -0.39 is 11.5 Å². The van der Waals surface area contributed by atoms with Crippen LogP contribution in [0, 0.1) is 5.41 Å². The molecule has 0 saturated carbocycles. The summed E-state index contributed by atoms with van der Waals surface area (Å²) in [6.45, 7) is 5.48. The summed E-state index contributed by atoms with van der Waals surface area (Å²) < 4.78 is 1.54. The first kappa shape index (κ1) is 10.9. The van der Waals surface area contributed by atoms with E-state index in [2.05, 4.69) is 5.10 Å². The second-order valence-corrected chi connectivity index (χ2v) is 4.54. The Morgan fingerprint density at radius 1 is 1.57 bits per heavy atom. The lowest BCUT2D eigenvalue weighted by Crippen LogP contribution is -2.34. The van der Waals surface area contributed by atoms with E-state index in [0.29, 0.717) is 5.56 Å². The van der Waals surface area contributed by atoms with E-state index >= 15 is 0 Å². The number of hydrogen-bond acceptors (Lipinski definition) is 3. The molecule has 1 heterocycles. The normalized spacial score (nSPS) is 14.1. The van der Waals surface area contributed by atoms with Crippen LogP contribution in [0.2, 0.25) is 0 Å². The topological polar surface area (TPSA) is 55.1 Å². The zero-order valence-electron chi connectivity index (χ0n) is 8.98. The van der Waals surface area contributed by atoms with Crippen molar-refractivity contribution >= 4 is 5.78 Å². The minimum atomic E-state index is -0.980. The molecule has 1 N–H and O–H groups in total. The highest BCUT2D eigenvalue weighted by atomic mass is 16.3. The quantitative estimate of drug-likeness (QED) is 0.718. The van der Waals surface area contributed by atoms with E-state index in [4.69, 9.17) is 0 Å². The van der Waals surface area contributed by atoms with Crippen molar-refractivity contribution in [3.05, 3.63) is 18.0 Å². The van der Waals surface area contributed by atoms with Crippen LogP contribution in [0.15, 0.2) is 12.4 Å². The Kier molecular flexibility index (Phi) is 2.76. The first-order valence-electron chi connectivity index (χ1n) is 4.53.